The highest BCUT2D eigenvalue weighted by atomic mass is 35.5. The van der Waals surface area contributed by atoms with Crippen LogP contribution in [0.15, 0.2) is 47.5 Å². The predicted octanol–water partition coefficient (Wildman–Crippen LogP) is 4.15. The third kappa shape index (κ3) is 6.06. The number of hydrogen-bond donors (Lipinski definition) is 1. The Labute approximate surface area is 213 Å². The number of nitrogens with one attached hydrogen (secondary N) is 1. The van der Waals surface area contributed by atoms with Crippen molar-refractivity contribution in [3.8, 4) is 11.1 Å². The maximum absolute atomic E-state index is 13.4. The summed E-state index contributed by atoms with van der Waals surface area (Å²) in [5.41, 5.74) is 2.56. The van der Waals surface area contributed by atoms with Gasteiger partial charge in [0.15, 0.2) is 0 Å². The van der Waals surface area contributed by atoms with Crippen molar-refractivity contribution in [1.82, 2.24) is 19.5 Å². The van der Waals surface area contributed by atoms with Crippen LogP contribution in [0, 0.1) is 0 Å². The standard InChI is InChI=1S/C23H30F2N4O2S.2ClH/c1-22(2,28-15-11-26-12-16-28)21-8-5-19(17-27-21)18-3-6-20(7-4-18)32(30,31)29-13-9-23(24,25)10-14-29;;/h3-8,17,26H,9-16H2,1-2H3;2*1H. The second-order valence-electron chi connectivity index (χ2n) is 9.01. The molecule has 6 nitrogen and oxygen atoms in total. The topological polar surface area (TPSA) is 65.5 Å². The molecule has 0 aliphatic carbocycles. The van der Waals surface area contributed by atoms with E-state index in [1.165, 1.54) is 12.1 Å². The fraction of sp³-hybridized carbons (Fsp3) is 0.522. The number of sulfonamides is 1. The minimum atomic E-state index is -3.78. The second kappa shape index (κ2) is 11.1. The Morgan fingerprint density at radius 1 is 0.912 bits per heavy atom. The van der Waals surface area contributed by atoms with Gasteiger partial charge in [0.25, 0.3) is 5.92 Å². The molecule has 0 saturated carbocycles. The van der Waals surface area contributed by atoms with Crippen LogP contribution < -0.4 is 5.32 Å². The van der Waals surface area contributed by atoms with Crippen molar-refractivity contribution in [1.29, 1.82) is 0 Å². The van der Waals surface area contributed by atoms with Gasteiger partial charge in [0.1, 0.15) is 0 Å². The summed E-state index contributed by atoms with van der Waals surface area (Å²) < 4.78 is 53.5. The first-order valence-electron chi connectivity index (χ1n) is 11.0. The highest BCUT2D eigenvalue weighted by molar-refractivity contribution is 7.89. The second-order valence-corrected chi connectivity index (χ2v) is 11.0. The van der Waals surface area contributed by atoms with Crippen molar-refractivity contribution in [3.05, 3.63) is 48.3 Å². The molecule has 1 aromatic heterocycles. The van der Waals surface area contributed by atoms with Crippen LogP contribution in [0.2, 0.25) is 0 Å². The molecule has 2 saturated heterocycles. The largest absolute Gasteiger partial charge is 0.314 e. The Morgan fingerprint density at radius 2 is 1.47 bits per heavy atom. The van der Waals surface area contributed by atoms with Gasteiger partial charge < -0.3 is 5.32 Å². The minimum absolute atomic E-state index is 0. The van der Waals surface area contributed by atoms with E-state index in [1.807, 2.05) is 18.3 Å². The molecule has 0 amide bonds. The Kier molecular flexibility index (Phi) is 9.46. The molecule has 1 N–H and O–H groups in total. The molecule has 0 atom stereocenters. The van der Waals surface area contributed by atoms with E-state index in [4.69, 9.17) is 4.98 Å². The van der Waals surface area contributed by atoms with Gasteiger partial charge in [0.05, 0.1) is 16.1 Å². The van der Waals surface area contributed by atoms with Crippen molar-refractivity contribution in [2.24, 2.45) is 0 Å². The lowest BCUT2D eigenvalue weighted by Gasteiger charge is -2.40. The van der Waals surface area contributed by atoms with Gasteiger partial charge in [-0.2, -0.15) is 4.31 Å². The summed E-state index contributed by atoms with van der Waals surface area (Å²) in [6, 6.07) is 10.6. The zero-order chi connectivity index (χ0) is 23.0. The minimum Gasteiger partial charge on any atom is -0.314 e. The average molecular weight is 538 g/mol. The first kappa shape index (κ1) is 28.9. The lowest BCUT2D eigenvalue weighted by molar-refractivity contribution is -0.0412. The van der Waals surface area contributed by atoms with Gasteiger partial charge in [0.2, 0.25) is 10.0 Å². The van der Waals surface area contributed by atoms with Gasteiger partial charge in [-0.15, -0.1) is 24.8 Å². The Balaban J connectivity index is 0.00000204. The molecule has 2 aromatic rings. The van der Waals surface area contributed by atoms with E-state index in [9.17, 15) is 17.2 Å². The fourth-order valence-corrected chi connectivity index (χ4v) is 5.78. The monoisotopic (exact) mass is 536 g/mol. The molecular weight excluding hydrogens is 505 g/mol. The van der Waals surface area contributed by atoms with Crippen molar-refractivity contribution < 1.29 is 17.2 Å². The van der Waals surface area contributed by atoms with Gasteiger partial charge >= 0.3 is 0 Å². The van der Waals surface area contributed by atoms with E-state index in [2.05, 4.69) is 24.1 Å². The molecule has 3 heterocycles. The molecule has 1 aromatic carbocycles. The molecule has 2 fully saturated rings. The number of alkyl halides is 2. The first-order chi connectivity index (χ1) is 15.1. The number of halogens is 4. The number of pyridine rings is 1. The maximum atomic E-state index is 13.4. The highest BCUT2D eigenvalue weighted by Crippen LogP contribution is 2.32. The lowest BCUT2D eigenvalue weighted by atomic mass is 9.95. The van der Waals surface area contributed by atoms with Gasteiger partial charge in [0, 0.05) is 63.9 Å². The number of hydrogen-bond acceptors (Lipinski definition) is 5. The number of nitrogens with zero attached hydrogens (tertiary/aromatic N) is 3. The number of piperazine rings is 1. The molecule has 2 aliphatic rings. The van der Waals surface area contributed by atoms with Crippen LogP contribution in [0.25, 0.3) is 11.1 Å². The van der Waals surface area contributed by atoms with Crippen molar-refractivity contribution in [2.75, 3.05) is 39.3 Å². The zero-order valence-electron chi connectivity index (χ0n) is 19.3. The Hall–Kier alpha value is -1.36. The number of benzene rings is 1. The summed E-state index contributed by atoms with van der Waals surface area (Å²) in [7, 11) is -3.78. The van der Waals surface area contributed by atoms with E-state index >= 15 is 0 Å². The smallest absolute Gasteiger partial charge is 0.250 e. The molecule has 0 unspecified atom stereocenters. The van der Waals surface area contributed by atoms with Crippen LogP contribution in [0.4, 0.5) is 8.78 Å². The van der Waals surface area contributed by atoms with Gasteiger partial charge in [-0.25, -0.2) is 17.2 Å². The summed E-state index contributed by atoms with van der Waals surface area (Å²) in [5, 5.41) is 3.37. The predicted molar refractivity (Wildman–Crippen MR) is 135 cm³/mol. The quantitative estimate of drug-likeness (QED) is 0.621. The number of rotatable bonds is 5. The van der Waals surface area contributed by atoms with Gasteiger partial charge in [-0.05, 0) is 37.6 Å². The van der Waals surface area contributed by atoms with Gasteiger partial charge in [-0.3, -0.25) is 9.88 Å². The third-order valence-electron chi connectivity index (χ3n) is 6.58. The van der Waals surface area contributed by atoms with Crippen molar-refractivity contribution >= 4 is 34.8 Å². The van der Waals surface area contributed by atoms with Crippen LogP contribution in [0.1, 0.15) is 32.4 Å². The average Bonchev–Trinajstić information content (AvgIpc) is 2.79. The van der Waals surface area contributed by atoms with E-state index < -0.39 is 28.8 Å². The van der Waals surface area contributed by atoms with E-state index in [1.54, 1.807) is 12.1 Å². The molecule has 0 radical (unpaired) electrons. The summed E-state index contributed by atoms with van der Waals surface area (Å²) in [6.07, 6.45) is 0.939. The molecule has 190 valence electrons. The van der Waals surface area contributed by atoms with Gasteiger partial charge in [-0.1, -0.05) is 18.2 Å². The highest BCUT2D eigenvalue weighted by Gasteiger charge is 2.38. The first-order valence-corrected chi connectivity index (χ1v) is 12.4. The number of aromatic nitrogens is 1. The van der Waals surface area contributed by atoms with Crippen LogP contribution in [0.5, 0.6) is 0 Å². The summed E-state index contributed by atoms with van der Waals surface area (Å²) in [5.74, 6) is -2.78. The molecule has 2 aliphatic heterocycles. The molecule has 11 heteroatoms. The molecule has 0 bridgehead atoms. The lowest BCUT2D eigenvalue weighted by Crippen LogP contribution is -2.52. The normalized spacial score (nSPS) is 19.6. The van der Waals surface area contributed by atoms with E-state index in [-0.39, 0.29) is 48.3 Å². The van der Waals surface area contributed by atoms with Crippen LogP contribution in [0.3, 0.4) is 0 Å². The van der Waals surface area contributed by atoms with Crippen LogP contribution >= 0.6 is 24.8 Å². The molecule has 0 spiro atoms. The maximum Gasteiger partial charge on any atom is 0.250 e. The number of piperidine rings is 1. The summed E-state index contributed by atoms with van der Waals surface area (Å²) in [6.45, 7) is 7.92. The fourth-order valence-electron chi connectivity index (χ4n) is 4.33. The Morgan fingerprint density at radius 3 is 2.00 bits per heavy atom. The molecule has 4 rings (SSSR count). The summed E-state index contributed by atoms with van der Waals surface area (Å²) in [4.78, 5) is 7.24. The molecule has 34 heavy (non-hydrogen) atoms. The zero-order valence-corrected chi connectivity index (χ0v) is 21.8. The van der Waals surface area contributed by atoms with E-state index in [0.29, 0.717) is 0 Å². The Bertz CT molecular complexity index is 1040. The van der Waals surface area contributed by atoms with Crippen molar-refractivity contribution in [3.63, 3.8) is 0 Å². The van der Waals surface area contributed by atoms with E-state index in [0.717, 1.165) is 47.3 Å². The third-order valence-corrected chi connectivity index (χ3v) is 8.49. The molecular formula is C23H32Cl2F2N4O2S. The van der Waals surface area contributed by atoms with Crippen LogP contribution in [-0.2, 0) is 15.6 Å². The SMILES string of the molecule is CC(C)(c1ccc(-c2ccc(S(=O)(=O)N3CCC(F)(F)CC3)cc2)cn1)N1CCNCC1.Cl.Cl. The summed E-state index contributed by atoms with van der Waals surface area (Å²) >= 11 is 0. The van der Waals surface area contributed by atoms with Crippen molar-refractivity contribution in [2.45, 2.75) is 43.0 Å². The van der Waals surface area contributed by atoms with Crippen LogP contribution in [-0.4, -0.2) is 67.8 Å².